The van der Waals surface area contributed by atoms with Gasteiger partial charge in [-0.1, -0.05) is 30.7 Å². The van der Waals surface area contributed by atoms with E-state index in [-0.39, 0.29) is 40.1 Å². The second-order valence-electron chi connectivity index (χ2n) is 17.7. The molecule has 1 saturated carbocycles. The third-order valence-electron chi connectivity index (χ3n) is 14.8. The summed E-state index contributed by atoms with van der Waals surface area (Å²) in [5, 5.41) is -0.659. The predicted molar refractivity (Wildman–Crippen MR) is 215 cm³/mol. The molecule has 10 rings (SSSR count). The van der Waals surface area contributed by atoms with Crippen molar-refractivity contribution >= 4 is 33.2 Å². The average molecular weight is 811 g/mol. The molecule has 10 nitrogen and oxygen atoms in total. The average Bonchev–Trinajstić information content (AvgIpc) is 3.30. The van der Waals surface area contributed by atoms with Gasteiger partial charge < -0.3 is 19.1 Å². The highest BCUT2D eigenvalue weighted by Gasteiger charge is 2.55. The van der Waals surface area contributed by atoms with Gasteiger partial charge in [-0.3, -0.25) is 14.6 Å². The maximum absolute atomic E-state index is 15.7. The molecular formula is C43H56ClFN4O6S. The van der Waals surface area contributed by atoms with Gasteiger partial charge in [-0.05, 0) is 117 Å². The number of rotatable bonds is 4. The van der Waals surface area contributed by atoms with E-state index in [0.29, 0.717) is 50.1 Å². The number of nitrogens with zero attached hydrogens (tertiary/aromatic N) is 3. The normalized spacial score (nSPS) is 35.7. The zero-order chi connectivity index (χ0) is 39.0. The number of benzene rings is 2. The van der Waals surface area contributed by atoms with Gasteiger partial charge in [-0.25, -0.2) is 17.5 Å². The van der Waals surface area contributed by atoms with Gasteiger partial charge in [-0.2, -0.15) is 0 Å². The highest BCUT2D eigenvalue weighted by molar-refractivity contribution is 7.90. The van der Waals surface area contributed by atoms with E-state index < -0.39 is 32.2 Å². The lowest BCUT2D eigenvalue weighted by Crippen LogP contribution is -2.64. The summed E-state index contributed by atoms with van der Waals surface area (Å²) < 4.78 is 65.5. The Balaban J connectivity index is 1.14. The van der Waals surface area contributed by atoms with Crippen molar-refractivity contribution in [1.82, 2.24) is 14.5 Å². The number of carbonyl (C=O) groups is 1. The van der Waals surface area contributed by atoms with Crippen LogP contribution in [0.4, 0.5) is 10.1 Å². The highest BCUT2D eigenvalue weighted by Crippen LogP contribution is 2.54. The monoisotopic (exact) mass is 810 g/mol. The summed E-state index contributed by atoms with van der Waals surface area (Å²) in [5.74, 6) is -0.0230. The quantitative estimate of drug-likeness (QED) is 0.384. The van der Waals surface area contributed by atoms with Crippen LogP contribution in [-0.2, 0) is 31.3 Å². The number of allylic oxidation sites excluding steroid dienone is 1. The van der Waals surface area contributed by atoms with Crippen LogP contribution in [0.25, 0.3) is 0 Å². The first-order valence-electron chi connectivity index (χ1n) is 20.9. The minimum atomic E-state index is -4.01. The van der Waals surface area contributed by atoms with Crippen LogP contribution in [0.2, 0.25) is 5.02 Å². The minimum Gasteiger partial charge on any atom is -0.490 e. The summed E-state index contributed by atoms with van der Waals surface area (Å²) in [6, 6.07) is 9.24. The molecule has 2 aromatic carbocycles. The fourth-order valence-electron chi connectivity index (χ4n) is 11.3. The molecule has 1 spiro atoms. The lowest BCUT2D eigenvalue weighted by molar-refractivity contribution is -0.132. The number of anilines is 1. The zero-order valence-electron chi connectivity index (χ0n) is 32.9. The number of carbonyl (C=O) groups excluding carboxylic acids is 1. The van der Waals surface area contributed by atoms with Gasteiger partial charge in [0.1, 0.15) is 17.2 Å². The van der Waals surface area contributed by atoms with Crippen molar-refractivity contribution in [2.24, 2.45) is 23.7 Å². The number of morpholine rings is 1. The summed E-state index contributed by atoms with van der Waals surface area (Å²) in [5.41, 5.74) is 2.85. The van der Waals surface area contributed by atoms with Crippen LogP contribution in [0.15, 0.2) is 42.0 Å². The predicted octanol–water partition coefficient (Wildman–Crippen LogP) is 5.81. The van der Waals surface area contributed by atoms with E-state index in [1.807, 2.05) is 13.0 Å². The van der Waals surface area contributed by atoms with Gasteiger partial charge in [0.2, 0.25) is 10.0 Å². The molecule has 304 valence electrons. The molecular weight excluding hydrogens is 755 g/mol. The van der Waals surface area contributed by atoms with Crippen LogP contribution < -0.4 is 14.4 Å². The molecule has 3 fully saturated rings. The fraction of sp³-hybridized carbons (Fsp3) is 0.651. The maximum atomic E-state index is 15.7. The number of sulfonamides is 1. The van der Waals surface area contributed by atoms with Gasteiger partial charge >= 0.3 is 0 Å². The lowest BCUT2D eigenvalue weighted by Gasteiger charge is -2.57. The number of ether oxygens (including phenoxy) is 3. The summed E-state index contributed by atoms with van der Waals surface area (Å²) in [7, 11) is -4.01. The van der Waals surface area contributed by atoms with E-state index in [2.05, 4.69) is 32.4 Å². The molecule has 8 atom stereocenters. The Morgan fingerprint density at radius 3 is 2.73 bits per heavy atom. The second-order valence-corrected chi connectivity index (χ2v) is 20.2. The highest BCUT2D eigenvalue weighted by atomic mass is 35.5. The molecule has 5 aliphatic heterocycles. The molecule has 2 aromatic rings. The van der Waals surface area contributed by atoms with Gasteiger partial charge in [0.15, 0.2) is 0 Å². The number of hydrogen-bond acceptors (Lipinski definition) is 9. The molecule has 1 amide bonds. The van der Waals surface area contributed by atoms with Gasteiger partial charge in [0.05, 0.1) is 35.8 Å². The zero-order valence-corrected chi connectivity index (χ0v) is 34.5. The van der Waals surface area contributed by atoms with Crippen molar-refractivity contribution in [3.05, 3.63) is 69.5 Å². The Morgan fingerprint density at radius 2 is 1.95 bits per heavy atom. The van der Waals surface area contributed by atoms with Crippen LogP contribution in [0, 0.1) is 29.5 Å². The number of halogens is 2. The molecule has 2 saturated heterocycles. The van der Waals surface area contributed by atoms with E-state index in [4.69, 9.17) is 25.8 Å². The smallest absolute Gasteiger partial charge is 0.264 e. The van der Waals surface area contributed by atoms with Crippen LogP contribution in [0.3, 0.4) is 0 Å². The lowest BCUT2D eigenvalue weighted by atomic mass is 9.57. The SMILES string of the molecule is CCO[C@@]1(CN2CCN3CCOC[C@H]3C2)C2=C[C@@H](C2)[C@H](C)C(C)S(=O)(=O)NC(=O)c2ccc3c(c2)N(C[C@@H]2CC[C@H]21)C[C@@]1(CCCc2c1ccc(Cl)c2F)CO3. The van der Waals surface area contributed by atoms with E-state index in [0.717, 1.165) is 89.3 Å². The van der Waals surface area contributed by atoms with E-state index >= 15 is 4.39 Å². The van der Waals surface area contributed by atoms with Crippen molar-refractivity contribution in [3.63, 3.8) is 0 Å². The van der Waals surface area contributed by atoms with Crippen molar-refractivity contribution in [3.8, 4) is 5.75 Å². The molecule has 0 aromatic heterocycles. The fourth-order valence-corrected chi connectivity index (χ4v) is 12.8. The first-order chi connectivity index (χ1) is 26.9. The molecule has 8 aliphatic rings. The Kier molecular flexibility index (Phi) is 10.3. The summed E-state index contributed by atoms with van der Waals surface area (Å²) in [6.07, 6.45) is 7.36. The van der Waals surface area contributed by atoms with Gasteiger partial charge in [-0.15, -0.1) is 0 Å². The van der Waals surface area contributed by atoms with Crippen LogP contribution in [0.1, 0.15) is 74.4 Å². The third kappa shape index (κ3) is 6.58. The number of nitrogens with one attached hydrogen (secondary N) is 1. The van der Waals surface area contributed by atoms with Gasteiger partial charge in [0, 0.05) is 69.4 Å². The Hall–Kier alpha value is -2.74. The van der Waals surface area contributed by atoms with Crippen molar-refractivity contribution < 1.29 is 31.8 Å². The first-order valence-corrected chi connectivity index (χ1v) is 22.8. The maximum Gasteiger partial charge on any atom is 0.264 e. The van der Waals surface area contributed by atoms with E-state index in [9.17, 15) is 13.2 Å². The largest absolute Gasteiger partial charge is 0.490 e. The van der Waals surface area contributed by atoms with Crippen LogP contribution in [0.5, 0.6) is 5.75 Å². The molecule has 13 heteroatoms. The van der Waals surface area contributed by atoms with Crippen LogP contribution >= 0.6 is 11.6 Å². The van der Waals surface area contributed by atoms with Crippen molar-refractivity contribution in [1.29, 1.82) is 0 Å². The molecule has 4 bridgehead atoms. The minimum absolute atomic E-state index is 0.0512. The number of fused-ring (bicyclic) bond motifs is 7. The van der Waals surface area contributed by atoms with E-state index in [1.165, 1.54) is 5.57 Å². The number of hydrogen-bond donors (Lipinski definition) is 1. The molecule has 0 radical (unpaired) electrons. The summed E-state index contributed by atoms with van der Waals surface area (Å²) >= 11 is 6.33. The number of piperazine rings is 1. The second kappa shape index (κ2) is 14.8. The van der Waals surface area contributed by atoms with Crippen molar-refractivity contribution in [2.75, 3.05) is 77.1 Å². The third-order valence-corrected chi connectivity index (χ3v) is 17.0. The Labute approximate surface area is 336 Å². The Bertz CT molecular complexity index is 2020. The van der Waals surface area contributed by atoms with Crippen molar-refractivity contribution in [2.45, 2.75) is 81.6 Å². The first kappa shape index (κ1) is 38.8. The van der Waals surface area contributed by atoms with Gasteiger partial charge in [0.25, 0.3) is 5.91 Å². The Morgan fingerprint density at radius 1 is 1.11 bits per heavy atom. The van der Waals surface area contributed by atoms with Crippen LogP contribution in [-0.4, -0.2) is 113 Å². The summed E-state index contributed by atoms with van der Waals surface area (Å²) in [6.45, 7) is 14.2. The molecule has 1 unspecified atom stereocenters. The number of amides is 1. The molecule has 1 N–H and O–H groups in total. The summed E-state index contributed by atoms with van der Waals surface area (Å²) in [4.78, 5) is 21.3. The van der Waals surface area contributed by atoms with E-state index in [1.54, 1.807) is 31.2 Å². The molecule has 5 heterocycles. The molecule has 56 heavy (non-hydrogen) atoms. The molecule has 3 aliphatic carbocycles. The topological polar surface area (TPSA) is 101 Å². The standard InChI is InChI=1S/C43H56ClFN4O6S/c1-4-55-43(25-47-14-15-48-16-17-53-23-33(48)22-47)32-18-31(19-32)27(2)28(3)56(51,52)46-41(50)29-8-12-39-38(20-29)49(21-30-7-9-35(30)43)24-42(26-54-39)13-5-6-34-36(42)10-11-37(44)40(34)45/h8,10-12,18,20,27-28,30-31,33,35H,4-7,9,13-17,19,21-26H2,1-3H3,(H,46,50)/t27-,28?,30+,31+,33-,35-,42+,43+/m1/s1.